The highest BCUT2D eigenvalue weighted by Crippen LogP contribution is 2.25. The number of hydrogen-bond acceptors (Lipinski definition) is 2. The van der Waals surface area contributed by atoms with Gasteiger partial charge in [-0.05, 0) is 11.6 Å². The van der Waals surface area contributed by atoms with E-state index in [1.807, 2.05) is 13.8 Å². The molecular formula is C15H20F2N2O. The first-order valence-electron chi connectivity index (χ1n) is 6.80. The number of halogens is 2. The van der Waals surface area contributed by atoms with Crippen LogP contribution in [0.5, 0.6) is 0 Å². The fourth-order valence-electron chi connectivity index (χ4n) is 2.43. The van der Waals surface area contributed by atoms with E-state index in [-0.39, 0.29) is 24.7 Å². The molecule has 1 amide bonds. The van der Waals surface area contributed by atoms with Crippen LogP contribution in [0.1, 0.15) is 25.8 Å². The molecule has 0 radical (unpaired) electrons. The van der Waals surface area contributed by atoms with Gasteiger partial charge in [-0.25, -0.2) is 8.78 Å². The monoisotopic (exact) mass is 282 g/mol. The van der Waals surface area contributed by atoms with Gasteiger partial charge in [-0.3, -0.25) is 4.79 Å². The first-order valence-corrected chi connectivity index (χ1v) is 6.80. The van der Waals surface area contributed by atoms with Crippen LogP contribution in [0.2, 0.25) is 0 Å². The Hall–Kier alpha value is -1.49. The van der Waals surface area contributed by atoms with Crippen molar-refractivity contribution in [2.45, 2.75) is 37.9 Å². The Bertz CT molecular complexity index is 491. The Morgan fingerprint density at radius 1 is 1.45 bits per heavy atom. The summed E-state index contributed by atoms with van der Waals surface area (Å²) in [6.45, 7) is 4.26. The van der Waals surface area contributed by atoms with E-state index in [0.717, 1.165) is 0 Å². The zero-order valence-corrected chi connectivity index (χ0v) is 11.7. The predicted molar refractivity (Wildman–Crippen MR) is 73.7 cm³/mol. The minimum absolute atomic E-state index is 0.200. The van der Waals surface area contributed by atoms with Crippen molar-refractivity contribution < 1.29 is 13.6 Å². The third-order valence-electron chi connectivity index (χ3n) is 3.70. The topological polar surface area (TPSA) is 41.1 Å². The van der Waals surface area contributed by atoms with E-state index in [0.29, 0.717) is 12.1 Å². The van der Waals surface area contributed by atoms with E-state index in [2.05, 4.69) is 10.6 Å². The van der Waals surface area contributed by atoms with Gasteiger partial charge in [0.2, 0.25) is 5.91 Å². The van der Waals surface area contributed by atoms with E-state index in [4.69, 9.17) is 0 Å². The van der Waals surface area contributed by atoms with Crippen molar-refractivity contribution in [1.29, 1.82) is 0 Å². The fraction of sp³-hybridized carbons (Fsp3) is 0.533. The highest BCUT2D eigenvalue weighted by Gasteiger charge is 2.31. The van der Waals surface area contributed by atoms with Gasteiger partial charge in [0.1, 0.15) is 12.0 Å². The Balaban J connectivity index is 1.96. The van der Waals surface area contributed by atoms with Crippen molar-refractivity contribution in [3.63, 3.8) is 0 Å². The number of carbonyl (C=O) groups excluding carboxylic acids is 1. The molecule has 2 atom stereocenters. The lowest BCUT2D eigenvalue weighted by molar-refractivity contribution is -0.123. The second-order valence-corrected chi connectivity index (χ2v) is 5.88. The molecule has 1 fully saturated rings. The maximum Gasteiger partial charge on any atom is 0.237 e. The second kappa shape index (κ2) is 5.87. The highest BCUT2D eigenvalue weighted by molar-refractivity contribution is 5.82. The predicted octanol–water partition coefficient (Wildman–Crippen LogP) is 1.92. The average molecular weight is 282 g/mol. The minimum Gasteiger partial charge on any atom is -0.354 e. The van der Waals surface area contributed by atoms with E-state index in [1.165, 1.54) is 6.07 Å². The maximum atomic E-state index is 13.8. The van der Waals surface area contributed by atoms with E-state index in [9.17, 15) is 13.6 Å². The third-order valence-corrected chi connectivity index (χ3v) is 3.70. The zero-order chi connectivity index (χ0) is 14.8. The molecule has 0 saturated carbocycles. The molecule has 0 bridgehead atoms. The first kappa shape index (κ1) is 14.9. The normalized spacial score (nSPS) is 22.8. The molecule has 5 heteroatoms. The summed E-state index contributed by atoms with van der Waals surface area (Å²) < 4.78 is 26.8. The molecule has 3 nitrogen and oxygen atoms in total. The van der Waals surface area contributed by atoms with Crippen LogP contribution < -0.4 is 10.6 Å². The number of hydrogen-bond donors (Lipinski definition) is 2. The van der Waals surface area contributed by atoms with Gasteiger partial charge >= 0.3 is 0 Å². The van der Waals surface area contributed by atoms with E-state index >= 15 is 0 Å². The van der Waals surface area contributed by atoms with Crippen molar-refractivity contribution in [2.75, 3.05) is 13.1 Å². The Morgan fingerprint density at radius 2 is 2.15 bits per heavy atom. The zero-order valence-electron chi connectivity index (χ0n) is 11.7. The van der Waals surface area contributed by atoms with Gasteiger partial charge < -0.3 is 10.6 Å². The van der Waals surface area contributed by atoms with Crippen molar-refractivity contribution >= 4 is 5.91 Å². The molecule has 1 aliphatic heterocycles. The standard InChI is InChI=1S/C15H20F2N2O/c1-15(2,11-5-3-4-6-12(11)17)9-19-14(20)13-7-10(16)8-18-13/h3-6,10,13,18H,7-9H2,1-2H3,(H,19,20)/t10-,13+/m0/s1. The van der Waals surface area contributed by atoms with Gasteiger partial charge in [-0.1, -0.05) is 32.0 Å². The molecular weight excluding hydrogens is 262 g/mol. The van der Waals surface area contributed by atoms with Gasteiger partial charge in [0, 0.05) is 24.9 Å². The van der Waals surface area contributed by atoms with Crippen LogP contribution in [0.4, 0.5) is 8.78 Å². The maximum absolute atomic E-state index is 13.8. The summed E-state index contributed by atoms with van der Waals surface area (Å²) in [5.74, 6) is -0.510. The van der Waals surface area contributed by atoms with Crippen molar-refractivity contribution in [3.8, 4) is 0 Å². The van der Waals surface area contributed by atoms with Crippen LogP contribution in [-0.4, -0.2) is 31.2 Å². The molecule has 0 spiro atoms. The molecule has 1 aromatic rings. The average Bonchev–Trinajstić information content (AvgIpc) is 2.83. The van der Waals surface area contributed by atoms with Crippen molar-refractivity contribution in [3.05, 3.63) is 35.6 Å². The van der Waals surface area contributed by atoms with Gasteiger partial charge in [0.25, 0.3) is 0 Å². The van der Waals surface area contributed by atoms with Crippen molar-refractivity contribution in [1.82, 2.24) is 10.6 Å². The van der Waals surface area contributed by atoms with E-state index < -0.39 is 17.6 Å². The molecule has 1 heterocycles. The fourth-order valence-corrected chi connectivity index (χ4v) is 2.43. The molecule has 110 valence electrons. The smallest absolute Gasteiger partial charge is 0.237 e. The van der Waals surface area contributed by atoms with Crippen LogP contribution >= 0.6 is 0 Å². The molecule has 1 aromatic carbocycles. The van der Waals surface area contributed by atoms with Crippen LogP contribution in [0.25, 0.3) is 0 Å². The summed E-state index contributed by atoms with van der Waals surface area (Å²) in [7, 11) is 0. The number of rotatable bonds is 4. The summed E-state index contributed by atoms with van der Waals surface area (Å²) in [5, 5.41) is 5.61. The Morgan fingerprint density at radius 3 is 2.75 bits per heavy atom. The van der Waals surface area contributed by atoms with Gasteiger partial charge in [-0.2, -0.15) is 0 Å². The number of amides is 1. The Labute approximate surface area is 117 Å². The molecule has 1 aliphatic rings. The molecule has 20 heavy (non-hydrogen) atoms. The van der Waals surface area contributed by atoms with Gasteiger partial charge in [-0.15, -0.1) is 0 Å². The lowest BCUT2D eigenvalue weighted by Crippen LogP contribution is -2.45. The molecule has 2 N–H and O–H groups in total. The second-order valence-electron chi connectivity index (χ2n) is 5.88. The molecule has 2 rings (SSSR count). The molecule has 0 aliphatic carbocycles. The van der Waals surface area contributed by atoms with Crippen LogP contribution in [-0.2, 0) is 10.2 Å². The first-order chi connectivity index (χ1) is 9.40. The number of alkyl halides is 1. The summed E-state index contributed by atoms with van der Waals surface area (Å²) in [4.78, 5) is 11.9. The van der Waals surface area contributed by atoms with Gasteiger partial charge in [0.05, 0.1) is 6.04 Å². The largest absolute Gasteiger partial charge is 0.354 e. The summed E-state index contributed by atoms with van der Waals surface area (Å²) in [6, 6.07) is 6.05. The van der Waals surface area contributed by atoms with Gasteiger partial charge in [0.15, 0.2) is 0 Å². The third kappa shape index (κ3) is 3.33. The molecule has 0 aromatic heterocycles. The molecule has 0 unspecified atom stereocenters. The van der Waals surface area contributed by atoms with Crippen LogP contribution in [0.15, 0.2) is 24.3 Å². The number of benzene rings is 1. The number of carbonyl (C=O) groups is 1. The SMILES string of the molecule is CC(C)(CNC(=O)[C@H]1C[C@H](F)CN1)c1ccccc1F. The lowest BCUT2D eigenvalue weighted by Gasteiger charge is -2.26. The van der Waals surface area contributed by atoms with Crippen LogP contribution in [0.3, 0.4) is 0 Å². The number of nitrogens with one attached hydrogen (secondary N) is 2. The summed E-state index contributed by atoms with van der Waals surface area (Å²) in [5.41, 5.74) is 0.0393. The summed E-state index contributed by atoms with van der Waals surface area (Å²) in [6.07, 6.45) is -0.767. The summed E-state index contributed by atoms with van der Waals surface area (Å²) >= 11 is 0. The van der Waals surface area contributed by atoms with Crippen molar-refractivity contribution in [2.24, 2.45) is 0 Å². The van der Waals surface area contributed by atoms with Crippen LogP contribution in [0, 0.1) is 5.82 Å². The quantitative estimate of drug-likeness (QED) is 0.886. The highest BCUT2D eigenvalue weighted by atomic mass is 19.1. The van der Waals surface area contributed by atoms with E-state index in [1.54, 1.807) is 18.2 Å². The minimum atomic E-state index is -0.967. The Kier molecular flexibility index (Phi) is 4.38. The lowest BCUT2D eigenvalue weighted by atomic mass is 9.84. The molecule has 1 saturated heterocycles.